The third-order valence-electron chi connectivity index (χ3n) is 5.66. The number of hydrogen-bond acceptors (Lipinski definition) is 3. The number of benzene rings is 4. The van der Waals surface area contributed by atoms with Crippen LogP contribution in [0, 0.1) is 25.2 Å². The molecule has 0 heterocycles. The zero-order valence-corrected chi connectivity index (χ0v) is 22.4. The van der Waals surface area contributed by atoms with E-state index in [0.29, 0.717) is 32.6 Å². The predicted octanol–water partition coefficient (Wildman–Crippen LogP) is 8.11. The summed E-state index contributed by atoms with van der Waals surface area (Å²) in [6.45, 7) is 4.39. The molecular weight excluding hydrogens is 568 g/mol. The van der Waals surface area contributed by atoms with Crippen molar-refractivity contribution in [3.05, 3.63) is 110 Å². The Labute approximate surface area is 221 Å². The minimum absolute atomic E-state index is 0.00635. The monoisotopic (exact) mass is 588 g/mol. The molecule has 0 atom stereocenters. The first-order valence-corrected chi connectivity index (χ1v) is 12.5. The number of aryl methyl sites for hydroxylation is 2. The number of amides is 1. The quantitative estimate of drug-likeness (QED) is 0.182. The Morgan fingerprint density at radius 1 is 0.943 bits per heavy atom. The van der Waals surface area contributed by atoms with Crippen molar-refractivity contribution in [3.63, 3.8) is 0 Å². The molecule has 0 spiro atoms. The molecule has 4 rings (SSSR count). The smallest absolute Gasteiger partial charge is 0.266 e. The Kier molecular flexibility index (Phi) is 7.70. The molecular formula is C29H22Br2N2O2. The van der Waals surface area contributed by atoms with Crippen molar-refractivity contribution in [2.45, 2.75) is 20.5 Å². The topological polar surface area (TPSA) is 62.1 Å². The molecule has 1 N–H and O–H groups in total. The third kappa shape index (κ3) is 6.00. The summed E-state index contributed by atoms with van der Waals surface area (Å²) < 4.78 is 7.50. The number of nitrogens with zero attached hydrogens (tertiary/aromatic N) is 1. The van der Waals surface area contributed by atoms with Crippen molar-refractivity contribution in [2.75, 3.05) is 5.32 Å². The second-order valence-corrected chi connectivity index (χ2v) is 9.92. The summed E-state index contributed by atoms with van der Waals surface area (Å²) >= 11 is 7.12. The van der Waals surface area contributed by atoms with Crippen molar-refractivity contribution >= 4 is 60.3 Å². The van der Waals surface area contributed by atoms with Gasteiger partial charge in [0.2, 0.25) is 0 Å². The highest BCUT2D eigenvalue weighted by atomic mass is 79.9. The number of nitrogens with one attached hydrogen (secondary N) is 1. The fourth-order valence-corrected chi connectivity index (χ4v) is 5.07. The van der Waals surface area contributed by atoms with E-state index in [9.17, 15) is 10.1 Å². The van der Waals surface area contributed by atoms with Gasteiger partial charge >= 0.3 is 0 Å². The average molecular weight is 590 g/mol. The second-order valence-electron chi connectivity index (χ2n) is 8.21. The minimum atomic E-state index is -0.459. The summed E-state index contributed by atoms with van der Waals surface area (Å²) in [5, 5.41) is 14.7. The van der Waals surface area contributed by atoms with E-state index in [4.69, 9.17) is 4.74 Å². The lowest BCUT2D eigenvalue weighted by atomic mass is 10.1. The summed E-state index contributed by atoms with van der Waals surface area (Å²) in [7, 11) is 0. The Bertz CT molecular complexity index is 1480. The predicted molar refractivity (Wildman–Crippen MR) is 148 cm³/mol. The van der Waals surface area contributed by atoms with Gasteiger partial charge in [0.15, 0.2) is 0 Å². The van der Waals surface area contributed by atoms with Gasteiger partial charge in [-0.1, -0.05) is 42.5 Å². The summed E-state index contributed by atoms with van der Waals surface area (Å²) in [5.74, 6) is 0.188. The summed E-state index contributed by atoms with van der Waals surface area (Å²) in [4.78, 5) is 12.7. The standard InChI is InChI=1S/C29H22Br2N2O2/c1-18-7-10-25(11-19(18)2)33-29(34)24(16-32)13-21-14-26(30)28(27(31)15-21)35-17-20-8-9-22-5-3-4-6-23(22)12-20/h3-15H,17H2,1-2H3,(H,33,34)/b24-13+. The second kappa shape index (κ2) is 10.9. The lowest BCUT2D eigenvalue weighted by molar-refractivity contribution is -0.112. The maximum atomic E-state index is 12.7. The van der Waals surface area contributed by atoms with Crippen molar-refractivity contribution < 1.29 is 9.53 Å². The Balaban J connectivity index is 1.50. The fraction of sp³-hybridized carbons (Fsp3) is 0.103. The van der Waals surface area contributed by atoms with Gasteiger partial charge in [-0.15, -0.1) is 0 Å². The summed E-state index contributed by atoms with van der Waals surface area (Å²) in [6.07, 6.45) is 1.55. The van der Waals surface area contributed by atoms with Crippen LogP contribution >= 0.6 is 31.9 Å². The van der Waals surface area contributed by atoms with Crippen LogP contribution in [0.25, 0.3) is 16.8 Å². The van der Waals surface area contributed by atoms with Crippen LogP contribution in [0.4, 0.5) is 5.69 Å². The molecule has 4 aromatic rings. The van der Waals surface area contributed by atoms with E-state index in [1.165, 1.54) is 5.39 Å². The van der Waals surface area contributed by atoms with Crippen molar-refractivity contribution in [1.29, 1.82) is 5.26 Å². The Morgan fingerprint density at radius 2 is 1.66 bits per heavy atom. The molecule has 4 nitrogen and oxygen atoms in total. The van der Waals surface area contributed by atoms with Crippen LogP contribution < -0.4 is 10.1 Å². The normalized spacial score (nSPS) is 11.2. The van der Waals surface area contributed by atoms with E-state index in [-0.39, 0.29) is 5.57 Å². The fourth-order valence-electron chi connectivity index (χ4n) is 3.62. The zero-order chi connectivity index (χ0) is 24.9. The van der Waals surface area contributed by atoms with Gasteiger partial charge < -0.3 is 10.1 Å². The molecule has 0 aliphatic rings. The first-order chi connectivity index (χ1) is 16.8. The highest BCUT2D eigenvalue weighted by Gasteiger charge is 2.13. The van der Waals surface area contributed by atoms with E-state index in [1.54, 1.807) is 6.08 Å². The van der Waals surface area contributed by atoms with Crippen LogP contribution in [0.2, 0.25) is 0 Å². The number of hydrogen-bond donors (Lipinski definition) is 1. The van der Waals surface area contributed by atoms with Gasteiger partial charge in [-0.25, -0.2) is 0 Å². The van der Waals surface area contributed by atoms with Gasteiger partial charge in [0.05, 0.1) is 8.95 Å². The number of nitriles is 1. The first kappa shape index (κ1) is 24.7. The van der Waals surface area contributed by atoms with Crippen LogP contribution in [0.3, 0.4) is 0 Å². The van der Waals surface area contributed by atoms with Crippen LogP contribution in [0.5, 0.6) is 5.75 Å². The number of carbonyl (C=O) groups is 1. The molecule has 0 unspecified atom stereocenters. The van der Waals surface area contributed by atoms with Gasteiger partial charge in [0.1, 0.15) is 24.0 Å². The van der Waals surface area contributed by atoms with Crippen LogP contribution in [0.15, 0.2) is 87.3 Å². The molecule has 174 valence electrons. The van der Waals surface area contributed by atoms with E-state index in [2.05, 4.69) is 67.5 Å². The van der Waals surface area contributed by atoms with Crippen LogP contribution in [0.1, 0.15) is 22.3 Å². The Morgan fingerprint density at radius 3 is 2.34 bits per heavy atom. The average Bonchev–Trinajstić information content (AvgIpc) is 2.84. The molecule has 0 saturated carbocycles. The van der Waals surface area contributed by atoms with Crippen molar-refractivity contribution in [1.82, 2.24) is 0 Å². The molecule has 0 bridgehead atoms. The molecule has 35 heavy (non-hydrogen) atoms. The largest absolute Gasteiger partial charge is 0.487 e. The lowest BCUT2D eigenvalue weighted by Gasteiger charge is -2.12. The van der Waals surface area contributed by atoms with E-state index >= 15 is 0 Å². The number of anilines is 1. The van der Waals surface area contributed by atoms with Gasteiger partial charge in [0.25, 0.3) is 5.91 Å². The highest BCUT2D eigenvalue weighted by Crippen LogP contribution is 2.36. The van der Waals surface area contributed by atoms with E-state index in [0.717, 1.165) is 22.1 Å². The number of halogens is 2. The molecule has 4 aromatic carbocycles. The van der Waals surface area contributed by atoms with Crippen molar-refractivity contribution in [3.8, 4) is 11.8 Å². The van der Waals surface area contributed by atoms with Crippen molar-refractivity contribution in [2.24, 2.45) is 0 Å². The number of carbonyl (C=O) groups excluding carboxylic acids is 1. The molecule has 1 amide bonds. The van der Waals surface area contributed by atoms with Crippen LogP contribution in [-0.2, 0) is 11.4 Å². The van der Waals surface area contributed by atoms with Gasteiger partial charge in [-0.05, 0) is 115 Å². The third-order valence-corrected chi connectivity index (χ3v) is 6.84. The van der Waals surface area contributed by atoms with E-state index in [1.807, 2.05) is 62.4 Å². The molecule has 0 aliphatic heterocycles. The Hall–Kier alpha value is -3.40. The number of fused-ring (bicyclic) bond motifs is 1. The molecule has 0 aromatic heterocycles. The molecule has 0 fully saturated rings. The maximum Gasteiger partial charge on any atom is 0.266 e. The van der Waals surface area contributed by atoms with Crippen LogP contribution in [-0.4, -0.2) is 5.91 Å². The SMILES string of the molecule is Cc1ccc(NC(=O)/C(C#N)=C/c2cc(Br)c(OCc3ccc4ccccc4c3)c(Br)c2)cc1C. The summed E-state index contributed by atoms with van der Waals surface area (Å²) in [5.41, 5.74) is 4.61. The van der Waals surface area contributed by atoms with Gasteiger partial charge in [-0.3, -0.25) is 4.79 Å². The first-order valence-electron chi connectivity index (χ1n) is 10.9. The number of rotatable bonds is 6. The van der Waals surface area contributed by atoms with Gasteiger partial charge in [0, 0.05) is 5.69 Å². The minimum Gasteiger partial charge on any atom is -0.487 e. The molecule has 0 saturated heterocycles. The van der Waals surface area contributed by atoms with E-state index < -0.39 is 5.91 Å². The maximum absolute atomic E-state index is 12.7. The molecule has 6 heteroatoms. The lowest BCUT2D eigenvalue weighted by Crippen LogP contribution is -2.13. The molecule has 0 aliphatic carbocycles. The summed E-state index contributed by atoms with van der Waals surface area (Å²) in [6, 6.07) is 25.7. The molecule has 0 radical (unpaired) electrons. The number of ether oxygens (including phenoxy) is 1. The zero-order valence-electron chi connectivity index (χ0n) is 19.2. The highest BCUT2D eigenvalue weighted by molar-refractivity contribution is 9.11. The van der Waals surface area contributed by atoms with Gasteiger partial charge in [-0.2, -0.15) is 5.26 Å².